The fourth-order valence-electron chi connectivity index (χ4n) is 1.52. The summed E-state index contributed by atoms with van der Waals surface area (Å²) in [7, 11) is 1.81. The zero-order chi connectivity index (χ0) is 13.8. The van der Waals surface area contributed by atoms with Gasteiger partial charge in [0.05, 0.1) is 5.02 Å². The molecule has 7 heteroatoms. The number of aromatic nitrogens is 4. The number of benzene rings is 1. The molecule has 1 aromatic heterocycles. The lowest BCUT2D eigenvalue weighted by atomic mass is 10.2. The van der Waals surface area contributed by atoms with Crippen molar-refractivity contribution >= 4 is 23.4 Å². The van der Waals surface area contributed by atoms with E-state index in [2.05, 4.69) is 40.8 Å². The highest BCUT2D eigenvalue weighted by molar-refractivity contribution is 7.99. The van der Waals surface area contributed by atoms with Gasteiger partial charge in [-0.15, -0.1) is 5.10 Å². The predicted molar refractivity (Wildman–Crippen MR) is 76.3 cm³/mol. The number of tetrazole rings is 1. The Hall–Kier alpha value is -1.11. The van der Waals surface area contributed by atoms with Crippen LogP contribution in [0.1, 0.15) is 19.4 Å². The molecule has 102 valence electrons. The van der Waals surface area contributed by atoms with E-state index in [1.165, 1.54) is 11.8 Å². The Morgan fingerprint density at radius 2 is 2.21 bits per heavy atom. The second-order valence-corrected chi connectivity index (χ2v) is 5.84. The normalized spacial score (nSPS) is 11.2. The molecule has 19 heavy (non-hydrogen) atoms. The highest BCUT2D eigenvalue weighted by Gasteiger charge is 2.12. The monoisotopic (exact) mass is 297 g/mol. The zero-order valence-electron chi connectivity index (χ0n) is 11.1. The summed E-state index contributed by atoms with van der Waals surface area (Å²) in [5.74, 6) is 0. The van der Waals surface area contributed by atoms with Gasteiger partial charge in [0, 0.05) is 24.5 Å². The minimum absolute atomic E-state index is 0.424. The standard InChI is InChI=1S/C12H16ClN5S/c1-8(2)14-7-9-5-4-6-10(13)11(9)19-12-15-16-17-18(12)3/h4-6,8,14H,7H2,1-3H3. The summed E-state index contributed by atoms with van der Waals surface area (Å²) in [4.78, 5) is 0.996. The van der Waals surface area contributed by atoms with E-state index in [0.717, 1.165) is 27.2 Å². The SMILES string of the molecule is CC(C)NCc1cccc(Cl)c1Sc1nnnn1C. The highest BCUT2D eigenvalue weighted by atomic mass is 35.5. The topological polar surface area (TPSA) is 55.6 Å². The number of nitrogens with zero attached hydrogens (tertiary/aromatic N) is 4. The summed E-state index contributed by atoms with van der Waals surface area (Å²) in [5.41, 5.74) is 1.15. The lowest BCUT2D eigenvalue weighted by Crippen LogP contribution is -2.22. The quantitative estimate of drug-likeness (QED) is 0.919. The third-order valence-electron chi connectivity index (χ3n) is 2.52. The second-order valence-electron chi connectivity index (χ2n) is 4.45. The molecule has 1 heterocycles. The molecule has 5 nitrogen and oxygen atoms in total. The molecule has 0 bridgehead atoms. The van der Waals surface area contributed by atoms with Crippen LogP contribution in [0.25, 0.3) is 0 Å². The van der Waals surface area contributed by atoms with E-state index in [1.54, 1.807) is 4.68 Å². The Balaban J connectivity index is 2.25. The number of hydrogen-bond acceptors (Lipinski definition) is 5. The van der Waals surface area contributed by atoms with Crippen LogP contribution in [-0.2, 0) is 13.6 Å². The van der Waals surface area contributed by atoms with Crippen LogP contribution in [0.4, 0.5) is 0 Å². The third kappa shape index (κ3) is 3.68. The minimum atomic E-state index is 0.424. The van der Waals surface area contributed by atoms with Crippen molar-refractivity contribution in [3.8, 4) is 0 Å². The molecule has 2 aromatic rings. The van der Waals surface area contributed by atoms with E-state index >= 15 is 0 Å². The molecular weight excluding hydrogens is 282 g/mol. The molecule has 0 saturated carbocycles. The van der Waals surface area contributed by atoms with Gasteiger partial charge in [0.1, 0.15) is 0 Å². The molecule has 0 aliphatic heterocycles. The molecule has 0 fully saturated rings. The first-order valence-electron chi connectivity index (χ1n) is 5.99. The molecule has 1 aromatic carbocycles. The first-order valence-corrected chi connectivity index (χ1v) is 7.18. The molecular formula is C12H16ClN5S. The lowest BCUT2D eigenvalue weighted by molar-refractivity contribution is 0.584. The molecule has 2 rings (SSSR count). The molecule has 0 spiro atoms. The Morgan fingerprint density at radius 1 is 1.42 bits per heavy atom. The molecule has 0 amide bonds. The van der Waals surface area contributed by atoms with Gasteiger partial charge in [-0.3, -0.25) is 0 Å². The Kier molecular flexibility index (Phi) is 4.79. The van der Waals surface area contributed by atoms with Crippen LogP contribution in [0.2, 0.25) is 5.02 Å². The van der Waals surface area contributed by atoms with Gasteiger partial charge >= 0.3 is 0 Å². The van der Waals surface area contributed by atoms with E-state index in [1.807, 2.05) is 19.2 Å². The van der Waals surface area contributed by atoms with Crippen molar-refractivity contribution in [1.82, 2.24) is 25.5 Å². The predicted octanol–water partition coefficient (Wildman–Crippen LogP) is 2.51. The van der Waals surface area contributed by atoms with Gasteiger partial charge in [0.25, 0.3) is 0 Å². The maximum absolute atomic E-state index is 6.29. The van der Waals surface area contributed by atoms with Crippen molar-refractivity contribution in [2.45, 2.75) is 36.5 Å². The molecule has 0 aliphatic rings. The molecule has 0 atom stereocenters. The first-order chi connectivity index (χ1) is 9.08. The van der Waals surface area contributed by atoms with Crippen molar-refractivity contribution in [1.29, 1.82) is 0 Å². The summed E-state index contributed by atoms with van der Waals surface area (Å²) < 4.78 is 1.63. The van der Waals surface area contributed by atoms with Gasteiger partial charge in [-0.2, -0.15) is 0 Å². The van der Waals surface area contributed by atoms with Crippen molar-refractivity contribution in [3.05, 3.63) is 28.8 Å². The van der Waals surface area contributed by atoms with Crippen LogP contribution in [0.5, 0.6) is 0 Å². The largest absolute Gasteiger partial charge is 0.310 e. The average Bonchev–Trinajstić information content (AvgIpc) is 2.76. The Morgan fingerprint density at radius 3 is 2.84 bits per heavy atom. The van der Waals surface area contributed by atoms with Gasteiger partial charge in [0.2, 0.25) is 5.16 Å². The highest BCUT2D eigenvalue weighted by Crippen LogP contribution is 2.34. The van der Waals surface area contributed by atoms with Crippen LogP contribution < -0.4 is 5.32 Å². The number of nitrogens with one attached hydrogen (secondary N) is 1. The summed E-state index contributed by atoms with van der Waals surface area (Å²) in [6.45, 7) is 5.00. The van der Waals surface area contributed by atoms with Crippen LogP contribution in [0.15, 0.2) is 28.3 Å². The summed E-state index contributed by atoms with van der Waals surface area (Å²) in [5, 5.41) is 16.3. The zero-order valence-corrected chi connectivity index (χ0v) is 12.7. The third-order valence-corrected chi connectivity index (χ3v) is 4.17. The minimum Gasteiger partial charge on any atom is -0.310 e. The van der Waals surface area contributed by atoms with E-state index in [9.17, 15) is 0 Å². The number of rotatable bonds is 5. The van der Waals surface area contributed by atoms with Gasteiger partial charge in [-0.05, 0) is 33.8 Å². The Bertz CT molecular complexity index is 555. The maximum atomic E-state index is 6.29. The number of hydrogen-bond donors (Lipinski definition) is 1. The number of aryl methyl sites for hydroxylation is 1. The summed E-state index contributed by atoms with van der Waals surface area (Å²) in [6, 6.07) is 6.33. The first kappa shape index (κ1) is 14.3. The van der Waals surface area contributed by atoms with Crippen LogP contribution in [0, 0.1) is 0 Å². The van der Waals surface area contributed by atoms with Crippen LogP contribution in [0.3, 0.4) is 0 Å². The van der Waals surface area contributed by atoms with E-state index < -0.39 is 0 Å². The molecule has 0 aliphatic carbocycles. The maximum Gasteiger partial charge on any atom is 0.213 e. The van der Waals surface area contributed by atoms with E-state index in [-0.39, 0.29) is 0 Å². The van der Waals surface area contributed by atoms with E-state index in [4.69, 9.17) is 11.6 Å². The molecule has 0 radical (unpaired) electrons. The fraction of sp³-hybridized carbons (Fsp3) is 0.417. The van der Waals surface area contributed by atoms with Gasteiger partial charge < -0.3 is 5.32 Å². The molecule has 0 saturated heterocycles. The smallest absolute Gasteiger partial charge is 0.213 e. The van der Waals surface area contributed by atoms with Crippen molar-refractivity contribution < 1.29 is 0 Å². The van der Waals surface area contributed by atoms with Crippen molar-refractivity contribution in [2.75, 3.05) is 0 Å². The molecule has 1 N–H and O–H groups in total. The summed E-state index contributed by atoms with van der Waals surface area (Å²) in [6.07, 6.45) is 0. The number of halogens is 1. The van der Waals surface area contributed by atoms with Gasteiger partial charge in [-0.1, -0.05) is 37.6 Å². The van der Waals surface area contributed by atoms with Gasteiger partial charge in [-0.25, -0.2) is 4.68 Å². The summed E-state index contributed by atoms with van der Waals surface area (Å²) >= 11 is 7.77. The lowest BCUT2D eigenvalue weighted by Gasteiger charge is -2.13. The Labute approximate surface area is 121 Å². The van der Waals surface area contributed by atoms with Crippen molar-refractivity contribution in [2.24, 2.45) is 7.05 Å². The van der Waals surface area contributed by atoms with E-state index in [0.29, 0.717) is 6.04 Å². The van der Waals surface area contributed by atoms with Gasteiger partial charge in [0.15, 0.2) is 0 Å². The second kappa shape index (κ2) is 6.36. The van der Waals surface area contributed by atoms with Crippen LogP contribution in [-0.4, -0.2) is 26.2 Å². The average molecular weight is 298 g/mol. The molecule has 0 unspecified atom stereocenters. The van der Waals surface area contributed by atoms with Crippen molar-refractivity contribution in [3.63, 3.8) is 0 Å². The van der Waals surface area contributed by atoms with Crippen LogP contribution >= 0.6 is 23.4 Å². The fourth-order valence-corrected chi connectivity index (χ4v) is 2.70.